The quantitative estimate of drug-likeness (QED) is 0.880. The Kier molecular flexibility index (Phi) is 4.71. The van der Waals surface area contributed by atoms with Gasteiger partial charge in [-0.05, 0) is 24.1 Å². The van der Waals surface area contributed by atoms with Gasteiger partial charge >= 0.3 is 0 Å². The Morgan fingerprint density at radius 2 is 2.23 bits per heavy atom. The summed E-state index contributed by atoms with van der Waals surface area (Å²) < 4.78 is 5.56. The van der Waals surface area contributed by atoms with Gasteiger partial charge in [-0.25, -0.2) is 4.99 Å². The average molecular weight is 318 g/mol. The second kappa shape index (κ2) is 6.73. The van der Waals surface area contributed by atoms with Crippen molar-refractivity contribution in [2.75, 3.05) is 19.0 Å². The van der Waals surface area contributed by atoms with Crippen LogP contribution in [0.2, 0.25) is 0 Å². The molecule has 1 amide bonds. The minimum Gasteiger partial charge on any atom is -0.394 e. The molecule has 0 aromatic heterocycles. The highest BCUT2D eigenvalue weighted by Gasteiger charge is 2.22. The van der Waals surface area contributed by atoms with Gasteiger partial charge in [-0.1, -0.05) is 18.7 Å². The van der Waals surface area contributed by atoms with E-state index in [1.165, 1.54) is 0 Å². The van der Waals surface area contributed by atoms with Crippen LogP contribution < -0.4 is 10.6 Å². The molecule has 1 aromatic carbocycles. The number of nitrogens with zero attached hydrogens (tertiary/aromatic N) is 2. The monoisotopic (exact) mass is 318 g/mol. The van der Waals surface area contributed by atoms with E-state index in [9.17, 15) is 4.79 Å². The molecule has 5 nitrogen and oxygen atoms in total. The maximum Gasteiger partial charge on any atom is 0.280 e. The van der Waals surface area contributed by atoms with Gasteiger partial charge in [0.05, 0.1) is 36.0 Å². The summed E-state index contributed by atoms with van der Waals surface area (Å²) in [5, 5.41) is 10.8. The van der Waals surface area contributed by atoms with E-state index in [0.717, 1.165) is 18.1 Å². The Morgan fingerprint density at radius 1 is 1.36 bits per heavy atom. The lowest BCUT2D eigenvalue weighted by molar-refractivity contribution is -0.0142. The highest BCUT2D eigenvalue weighted by molar-refractivity contribution is 8.00. The third-order valence-electron chi connectivity index (χ3n) is 3.80. The van der Waals surface area contributed by atoms with Gasteiger partial charge in [0.25, 0.3) is 5.91 Å². The predicted molar refractivity (Wildman–Crippen MR) is 86.8 cm³/mol. The van der Waals surface area contributed by atoms with Crippen molar-refractivity contribution in [3.63, 3.8) is 0 Å². The second-order valence-corrected chi connectivity index (χ2v) is 6.70. The first-order valence-corrected chi connectivity index (χ1v) is 8.35. The molecule has 0 bridgehead atoms. The zero-order valence-corrected chi connectivity index (χ0v) is 13.0. The Bertz CT molecular complexity index is 709. The number of carbonyl (C=O) groups is 1. The smallest absolute Gasteiger partial charge is 0.280 e. The van der Waals surface area contributed by atoms with Crippen LogP contribution in [0.3, 0.4) is 0 Å². The fourth-order valence-electron chi connectivity index (χ4n) is 2.54. The van der Waals surface area contributed by atoms with Crippen molar-refractivity contribution in [2.45, 2.75) is 24.2 Å². The first-order valence-electron chi connectivity index (χ1n) is 7.30. The molecule has 2 aliphatic heterocycles. The first-order chi connectivity index (χ1) is 10.7. The highest BCUT2D eigenvalue weighted by atomic mass is 32.2. The van der Waals surface area contributed by atoms with Crippen LogP contribution in [-0.2, 0) is 4.74 Å². The molecule has 1 aromatic rings. The fourth-order valence-corrected chi connectivity index (χ4v) is 3.53. The number of para-hydroxylation sites is 1. The molecule has 0 unspecified atom stereocenters. The third kappa shape index (κ3) is 3.29. The van der Waals surface area contributed by atoms with E-state index in [1.54, 1.807) is 23.9 Å². The van der Waals surface area contributed by atoms with Gasteiger partial charge in [-0.3, -0.25) is 4.79 Å². The normalized spacial score (nSPS) is 24.4. The molecule has 1 saturated heterocycles. The number of amides is 1. The number of aliphatic hydroxyl groups is 1. The summed E-state index contributed by atoms with van der Waals surface area (Å²) in [7, 11) is 0. The summed E-state index contributed by atoms with van der Waals surface area (Å²) in [4.78, 5) is 20.6. The van der Waals surface area contributed by atoms with Crippen LogP contribution in [0, 0.1) is 0 Å². The second-order valence-electron chi connectivity index (χ2n) is 5.41. The number of hydrogen-bond donors (Lipinski definition) is 1. The van der Waals surface area contributed by atoms with E-state index >= 15 is 0 Å². The van der Waals surface area contributed by atoms with Gasteiger partial charge < -0.3 is 9.84 Å². The van der Waals surface area contributed by atoms with Gasteiger partial charge in [-0.15, -0.1) is 11.8 Å². The van der Waals surface area contributed by atoms with E-state index in [4.69, 9.17) is 9.84 Å². The van der Waals surface area contributed by atoms with Crippen LogP contribution >= 0.6 is 11.8 Å². The Hall–Kier alpha value is -1.50. The molecule has 2 atom stereocenters. The molecular formula is C16H18N2O3S. The lowest BCUT2D eigenvalue weighted by Gasteiger charge is -2.27. The molecular weight excluding hydrogens is 300 g/mol. The lowest BCUT2D eigenvalue weighted by atomic mass is 10.1. The van der Waals surface area contributed by atoms with Gasteiger partial charge in [0.1, 0.15) is 5.84 Å². The van der Waals surface area contributed by atoms with Gasteiger partial charge in [-0.2, -0.15) is 4.99 Å². The third-order valence-corrected chi connectivity index (χ3v) is 5.07. The fraction of sp³-hybridized carbons (Fsp3) is 0.438. The number of ether oxygens (including phenoxy) is 1. The summed E-state index contributed by atoms with van der Waals surface area (Å²) in [5.41, 5.74) is 0.521. The number of amidine groups is 1. The number of aliphatic hydroxyl groups excluding tert-OH is 1. The zero-order valence-electron chi connectivity index (χ0n) is 12.2. The molecule has 0 radical (unpaired) electrons. The van der Waals surface area contributed by atoms with Crippen molar-refractivity contribution in [2.24, 2.45) is 9.98 Å². The molecule has 3 rings (SSSR count). The number of aliphatic imine (C=N–C) groups is 1. The molecule has 1 fully saturated rings. The summed E-state index contributed by atoms with van der Waals surface area (Å²) in [6, 6.07) is 5.36. The Labute approximate surface area is 132 Å². The molecule has 22 heavy (non-hydrogen) atoms. The van der Waals surface area contributed by atoms with Gasteiger partial charge in [0.15, 0.2) is 0 Å². The van der Waals surface area contributed by atoms with Crippen molar-refractivity contribution in [3.8, 4) is 0 Å². The van der Waals surface area contributed by atoms with Crippen molar-refractivity contribution in [1.29, 1.82) is 0 Å². The van der Waals surface area contributed by atoms with Crippen LogP contribution in [0.25, 0.3) is 6.58 Å². The number of fused-ring (bicyclic) bond motifs is 1. The minimum atomic E-state index is -0.244. The molecule has 0 aliphatic carbocycles. The number of thioether (sulfide) groups is 1. The number of carbonyl (C=O) groups excluding carboxylic acids is 1. The predicted octanol–water partition coefficient (Wildman–Crippen LogP) is 0.542. The van der Waals surface area contributed by atoms with Crippen LogP contribution in [-0.4, -0.2) is 47.2 Å². The number of rotatable bonds is 4. The highest BCUT2D eigenvalue weighted by Crippen LogP contribution is 2.24. The standard InChI is InChI=1S/C16H18N2O3S/c1-10-3-2-4-13-15(10)17-14(18-16(13)20)9-22-12-6-5-11(7-19)21-8-12/h2-4,11-12,19H,1,5-9H2/t11-,12-/m0/s1. The van der Waals surface area contributed by atoms with E-state index in [-0.39, 0.29) is 18.6 Å². The molecule has 6 heteroatoms. The van der Waals surface area contributed by atoms with E-state index in [1.807, 2.05) is 6.07 Å². The van der Waals surface area contributed by atoms with Crippen LogP contribution in [0.1, 0.15) is 23.2 Å². The number of benzene rings is 1. The van der Waals surface area contributed by atoms with Crippen LogP contribution in [0.4, 0.5) is 0 Å². The zero-order chi connectivity index (χ0) is 15.5. The van der Waals surface area contributed by atoms with E-state index < -0.39 is 0 Å². The maximum absolute atomic E-state index is 12.0. The van der Waals surface area contributed by atoms with E-state index in [0.29, 0.717) is 34.4 Å². The van der Waals surface area contributed by atoms with Crippen LogP contribution in [0.5, 0.6) is 0 Å². The summed E-state index contributed by atoms with van der Waals surface area (Å²) in [6.45, 7) is 4.62. The van der Waals surface area contributed by atoms with Crippen molar-refractivity contribution in [3.05, 3.63) is 34.3 Å². The van der Waals surface area contributed by atoms with Crippen molar-refractivity contribution < 1.29 is 14.6 Å². The Balaban J connectivity index is 1.66. The molecule has 1 N–H and O–H groups in total. The van der Waals surface area contributed by atoms with Gasteiger partial charge in [0.2, 0.25) is 0 Å². The van der Waals surface area contributed by atoms with E-state index in [2.05, 4.69) is 16.6 Å². The maximum atomic E-state index is 12.0. The summed E-state index contributed by atoms with van der Waals surface area (Å²) in [5.74, 6) is 0.881. The number of hydrogen-bond acceptors (Lipinski definition) is 5. The molecule has 2 aliphatic rings. The lowest BCUT2D eigenvalue weighted by Crippen LogP contribution is -2.34. The SMILES string of the molecule is C=c1cccc2c1=NC(CS[C@H]1CC[C@@H](CO)OC1)=NC2=O. The minimum absolute atomic E-state index is 0.0317. The Morgan fingerprint density at radius 3 is 2.95 bits per heavy atom. The van der Waals surface area contributed by atoms with Crippen molar-refractivity contribution in [1.82, 2.24) is 0 Å². The largest absolute Gasteiger partial charge is 0.394 e. The van der Waals surface area contributed by atoms with Gasteiger partial charge in [0, 0.05) is 5.25 Å². The molecule has 0 spiro atoms. The van der Waals surface area contributed by atoms with Crippen LogP contribution in [0.15, 0.2) is 28.2 Å². The summed E-state index contributed by atoms with van der Waals surface area (Å²) in [6.07, 6.45) is 1.83. The summed E-state index contributed by atoms with van der Waals surface area (Å²) >= 11 is 1.70. The van der Waals surface area contributed by atoms with Crippen molar-refractivity contribution >= 4 is 30.1 Å². The first kappa shape index (κ1) is 15.4. The molecule has 0 saturated carbocycles. The molecule has 2 heterocycles. The topological polar surface area (TPSA) is 71.2 Å². The average Bonchev–Trinajstić information content (AvgIpc) is 2.54. The molecule has 116 valence electrons.